The molecule has 4 rings (SSSR count). The van der Waals surface area contributed by atoms with Gasteiger partial charge in [-0.25, -0.2) is 9.97 Å². The van der Waals surface area contributed by atoms with Gasteiger partial charge < -0.3 is 10.6 Å². The maximum atomic E-state index is 12.7. The number of anilines is 3. The number of fused-ring (bicyclic) bond motifs is 1. The Morgan fingerprint density at radius 1 is 0.893 bits per heavy atom. The lowest BCUT2D eigenvalue weighted by Gasteiger charge is -2.11. The fourth-order valence-electron chi connectivity index (χ4n) is 3.01. The van der Waals surface area contributed by atoms with Crippen molar-refractivity contribution in [2.24, 2.45) is 0 Å². The highest BCUT2D eigenvalue weighted by Crippen LogP contribution is 2.23. The molecule has 0 bridgehead atoms. The van der Waals surface area contributed by atoms with Crippen molar-refractivity contribution in [3.8, 4) is 0 Å². The maximum absolute atomic E-state index is 12.7. The first-order valence-electron chi connectivity index (χ1n) is 9.07. The number of nitrogens with one attached hydrogen (secondary N) is 2. The van der Waals surface area contributed by atoms with Crippen LogP contribution < -0.4 is 10.6 Å². The molecule has 28 heavy (non-hydrogen) atoms. The van der Waals surface area contributed by atoms with Gasteiger partial charge in [0.05, 0.1) is 11.2 Å². The van der Waals surface area contributed by atoms with E-state index in [9.17, 15) is 4.79 Å². The molecule has 2 aromatic heterocycles. The highest BCUT2D eigenvalue weighted by molar-refractivity contribution is 6.03. The number of hydrogen-bond donors (Lipinski definition) is 2. The normalized spacial score (nSPS) is 10.6. The molecule has 4 aromatic rings. The zero-order valence-electron chi connectivity index (χ0n) is 15.4. The van der Waals surface area contributed by atoms with Gasteiger partial charge in [0.2, 0.25) is 5.95 Å². The van der Waals surface area contributed by atoms with E-state index in [0.29, 0.717) is 5.95 Å². The molecule has 0 atom stereocenters. The van der Waals surface area contributed by atoms with Crippen molar-refractivity contribution >= 4 is 34.1 Å². The van der Waals surface area contributed by atoms with Crippen LogP contribution in [0.15, 0.2) is 73.1 Å². The molecule has 1 amide bonds. The van der Waals surface area contributed by atoms with Gasteiger partial charge in [-0.3, -0.25) is 9.78 Å². The van der Waals surface area contributed by atoms with Crippen LogP contribution in [0.1, 0.15) is 23.0 Å². The van der Waals surface area contributed by atoms with E-state index in [2.05, 4.69) is 32.5 Å². The Kier molecular flexibility index (Phi) is 4.93. The lowest BCUT2D eigenvalue weighted by Crippen LogP contribution is -2.15. The van der Waals surface area contributed by atoms with Crippen molar-refractivity contribution in [2.75, 3.05) is 10.6 Å². The molecule has 0 radical (unpaired) electrons. The van der Waals surface area contributed by atoms with Crippen LogP contribution in [0.5, 0.6) is 0 Å². The Balaban J connectivity index is 1.58. The number of benzene rings is 2. The molecular formula is C22H19N5O. The van der Waals surface area contributed by atoms with Crippen LogP contribution >= 0.6 is 0 Å². The highest BCUT2D eigenvalue weighted by Gasteiger charge is 2.12. The van der Waals surface area contributed by atoms with Crippen LogP contribution in [0, 0.1) is 0 Å². The van der Waals surface area contributed by atoms with E-state index in [0.717, 1.165) is 34.3 Å². The van der Waals surface area contributed by atoms with E-state index in [1.165, 1.54) is 0 Å². The Bertz CT molecular complexity index is 1140. The maximum Gasteiger partial charge on any atom is 0.274 e. The molecule has 6 nitrogen and oxygen atoms in total. The third-order valence-corrected chi connectivity index (χ3v) is 4.41. The Labute approximate surface area is 162 Å². The molecule has 0 aliphatic heterocycles. The summed E-state index contributed by atoms with van der Waals surface area (Å²) in [6.07, 6.45) is 4.14. The predicted molar refractivity (Wildman–Crippen MR) is 111 cm³/mol. The molecule has 2 N–H and O–H groups in total. The van der Waals surface area contributed by atoms with Gasteiger partial charge in [0.1, 0.15) is 5.69 Å². The number of rotatable bonds is 5. The molecule has 0 saturated heterocycles. The van der Waals surface area contributed by atoms with Gasteiger partial charge in [-0.1, -0.05) is 43.3 Å². The second-order valence-electron chi connectivity index (χ2n) is 6.24. The van der Waals surface area contributed by atoms with Crippen LogP contribution in [0.4, 0.5) is 17.3 Å². The lowest BCUT2D eigenvalue weighted by atomic mass is 10.1. The largest absolute Gasteiger partial charge is 0.322 e. The topological polar surface area (TPSA) is 79.8 Å². The summed E-state index contributed by atoms with van der Waals surface area (Å²) in [4.78, 5) is 25.7. The first-order chi connectivity index (χ1) is 13.7. The van der Waals surface area contributed by atoms with Crippen LogP contribution in [-0.2, 0) is 6.42 Å². The number of aromatic nitrogens is 3. The third kappa shape index (κ3) is 3.66. The average molecular weight is 369 g/mol. The summed E-state index contributed by atoms with van der Waals surface area (Å²) in [5.74, 6) is 0.0666. The summed E-state index contributed by atoms with van der Waals surface area (Å²) in [6.45, 7) is 2.05. The van der Waals surface area contributed by atoms with Crippen LogP contribution in [0.2, 0.25) is 0 Å². The van der Waals surface area contributed by atoms with Crippen LogP contribution in [-0.4, -0.2) is 20.9 Å². The minimum Gasteiger partial charge on any atom is -0.322 e. The number of aryl methyl sites for hydroxylation is 1. The summed E-state index contributed by atoms with van der Waals surface area (Å²) < 4.78 is 0. The zero-order valence-corrected chi connectivity index (χ0v) is 15.4. The molecule has 6 heteroatoms. The van der Waals surface area contributed by atoms with Gasteiger partial charge in [-0.05, 0) is 36.2 Å². The summed E-state index contributed by atoms with van der Waals surface area (Å²) in [5, 5.41) is 7.10. The van der Waals surface area contributed by atoms with Crippen molar-refractivity contribution in [2.45, 2.75) is 13.3 Å². The van der Waals surface area contributed by atoms with Crippen molar-refractivity contribution in [1.29, 1.82) is 0 Å². The van der Waals surface area contributed by atoms with Gasteiger partial charge in [0, 0.05) is 23.5 Å². The van der Waals surface area contributed by atoms with E-state index in [4.69, 9.17) is 0 Å². The smallest absolute Gasteiger partial charge is 0.274 e. The minimum absolute atomic E-state index is 0.276. The zero-order chi connectivity index (χ0) is 19.3. The molecule has 0 unspecified atom stereocenters. The van der Waals surface area contributed by atoms with Gasteiger partial charge in [0.25, 0.3) is 5.91 Å². The molecule has 2 aromatic carbocycles. The first kappa shape index (κ1) is 17.6. The number of pyridine rings is 1. The Morgan fingerprint density at radius 3 is 2.61 bits per heavy atom. The van der Waals surface area contributed by atoms with Gasteiger partial charge >= 0.3 is 0 Å². The second kappa shape index (κ2) is 7.84. The fraction of sp³-hybridized carbons (Fsp3) is 0.0909. The monoisotopic (exact) mass is 369 g/mol. The number of para-hydroxylation sites is 2. The summed E-state index contributed by atoms with van der Waals surface area (Å²) in [6, 6.07) is 19.0. The summed E-state index contributed by atoms with van der Waals surface area (Å²) >= 11 is 0. The first-order valence-corrected chi connectivity index (χ1v) is 9.07. The minimum atomic E-state index is -0.276. The number of nitrogens with zero attached hydrogens (tertiary/aromatic N) is 3. The number of hydrogen-bond acceptors (Lipinski definition) is 5. The molecule has 0 aliphatic carbocycles. The molecule has 0 spiro atoms. The van der Waals surface area contributed by atoms with Gasteiger partial charge in [-0.15, -0.1) is 0 Å². The van der Waals surface area contributed by atoms with E-state index in [1.807, 2.05) is 54.6 Å². The van der Waals surface area contributed by atoms with E-state index < -0.39 is 0 Å². The quantitative estimate of drug-likeness (QED) is 0.538. The van der Waals surface area contributed by atoms with Crippen molar-refractivity contribution < 1.29 is 4.79 Å². The predicted octanol–water partition coefficient (Wildman–Crippen LogP) is 4.58. The number of amides is 1. The van der Waals surface area contributed by atoms with Crippen molar-refractivity contribution in [3.05, 3.63) is 84.3 Å². The van der Waals surface area contributed by atoms with E-state index >= 15 is 0 Å². The van der Waals surface area contributed by atoms with Crippen LogP contribution in [0.3, 0.4) is 0 Å². The third-order valence-electron chi connectivity index (χ3n) is 4.41. The fourth-order valence-corrected chi connectivity index (χ4v) is 3.01. The molecule has 0 aliphatic rings. The molecule has 0 fully saturated rings. The van der Waals surface area contributed by atoms with Crippen molar-refractivity contribution in [3.63, 3.8) is 0 Å². The molecule has 138 valence electrons. The van der Waals surface area contributed by atoms with Crippen LogP contribution in [0.25, 0.3) is 10.9 Å². The standard InChI is InChI=1S/C22H19N5O/c1-2-15-7-3-4-10-17(15)25-21(28)19-12-14-24-22(27-19)26-18-11-5-8-16-9-6-13-23-20(16)18/h3-14H,2H2,1H3,(H,25,28)(H,24,26,27). The molecule has 2 heterocycles. The summed E-state index contributed by atoms with van der Waals surface area (Å²) in [5.41, 5.74) is 3.76. The molecular weight excluding hydrogens is 350 g/mol. The Morgan fingerprint density at radius 2 is 1.71 bits per heavy atom. The van der Waals surface area contributed by atoms with Gasteiger partial charge in [0.15, 0.2) is 0 Å². The van der Waals surface area contributed by atoms with E-state index in [-0.39, 0.29) is 11.6 Å². The second-order valence-corrected chi connectivity index (χ2v) is 6.24. The Hall–Kier alpha value is -3.80. The lowest BCUT2D eigenvalue weighted by molar-refractivity contribution is 0.102. The van der Waals surface area contributed by atoms with Gasteiger partial charge in [-0.2, -0.15) is 0 Å². The highest BCUT2D eigenvalue weighted by atomic mass is 16.1. The average Bonchev–Trinajstić information content (AvgIpc) is 2.74. The number of carbonyl (C=O) groups is 1. The SMILES string of the molecule is CCc1ccccc1NC(=O)c1ccnc(Nc2cccc3cccnc23)n1. The molecule has 0 saturated carbocycles. The van der Waals surface area contributed by atoms with Crippen molar-refractivity contribution in [1.82, 2.24) is 15.0 Å². The summed E-state index contributed by atoms with van der Waals surface area (Å²) in [7, 11) is 0. The van der Waals surface area contributed by atoms with E-state index in [1.54, 1.807) is 18.5 Å². The number of carbonyl (C=O) groups excluding carboxylic acids is 1.